The van der Waals surface area contributed by atoms with E-state index in [1.807, 2.05) is 6.92 Å². The van der Waals surface area contributed by atoms with Crippen molar-refractivity contribution in [3.05, 3.63) is 77.1 Å². The second kappa shape index (κ2) is 10.4. The van der Waals surface area contributed by atoms with Crippen molar-refractivity contribution in [3.63, 3.8) is 0 Å². The number of carbonyl (C=O) groups is 1. The predicted octanol–water partition coefficient (Wildman–Crippen LogP) is 4.74. The number of halogens is 3. The lowest BCUT2D eigenvalue weighted by atomic mass is 10.1. The lowest BCUT2D eigenvalue weighted by Crippen LogP contribution is -2.49. The smallest absolute Gasteiger partial charge is 0.264 e. The Morgan fingerprint density at radius 2 is 1.47 bits per heavy atom. The van der Waals surface area contributed by atoms with Gasteiger partial charge in [0, 0.05) is 22.6 Å². The Morgan fingerprint density at radius 1 is 0.912 bits per heavy atom. The monoisotopic (exact) mass is 541 g/mol. The molecule has 1 aromatic heterocycles. The molecule has 3 aromatic rings. The highest BCUT2D eigenvalue weighted by molar-refractivity contribution is 7.92. The van der Waals surface area contributed by atoms with Crippen molar-refractivity contribution in [2.75, 3.05) is 10.0 Å². The largest absolute Gasteiger partial charge is 0.362 e. The maximum absolute atomic E-state index is 12.7. The predicted molar refractivity (Wildman–Crippen MR) is 135 cm³/mol. The molecule has 3 rings (SSSR count). The average molecular weight is 543 g/mol. The molecule has 0 saturated heterocycles. The molecular formula is C22H22Cl3N5O3S. The maximum Gasteiger partial charge on any atom is 0.264 e. The van der Waals surface area contributed by atoms with Gasteiger partial charge in [0.25, 0.3) is 15.9 Å². The molecule has 34 heavy (non-hydrogen) atoms. The first-order valence-electron chi connectivity index (χ1n) is 9.99. The Hall–Kier alpha value is -2.59. The van der Waals surface area contributed by atoms with Gasteiger partial charge in [-0.2, -0.15) is 0 Å². The summed E-state index contributed by atoms with van der Waals surface area (Å²) in [7, 11) is -3.93. The molecule has 0 fully saturated rings. The number of nitrogens with one attached hydrogen (secondary N) is 3. The van der Waals surface area contributed by atoms with E-state index in [4.69, 9.17) is 34.8 Å². The minimum absolute atomic E-state index is 0.0186. The number of carbonyl (C=O) groups excluding carboxylic acids is 1. The highest BCUT2D eigenvalue weighted by Crippen LogP contribution is 2.31. The van der Waals surface area contributed by atoms with E-state index in [-0.39, 0.29) is 10.8 Å². The number of anilines is 2. The molecule has 2 aromatic carbocycles. The summed E-state index contributed by atoms with van der Waals surface area (Å²) < 4.78 is 25.9. The fraction of sp³-hybridized carbons (Fsp3) is 0.227. The average Bonchev–Trinajstić information content (AvgIpc) is 2.72. The van der Waals surface area contributed by atoms with Crippen molar-refractivity contribution in [1.82, 2.24) is 15.3 Å². The summed E-state index contributed by atoms with van der Waals surface area (Å²) in [4.78, 5) is 20.7. The zero-order chi connectivity index (χ0) is 25.1. The quantitative estimate of drug-likeness (QED) is 0.294. The van der Waals surface area contributed by atoms with Gasteiger partial charge in [-0.25, -0.2) is 23.1 Å². The number of benzene rings is 2. The molecule has 0 spiro atoms. The Kier molecular flexibility index (Phi) is 7.92. The van der Waals surface area contributed by atoms with Crippen LogP contribution in [0.1, 0.15) is 27.3 Å². The second-order valence-corrected chi connectivity index (χ2v) is 11.6. The van der Waals surface area contributed by atoms with Crippen LogP contribution in [0.15, 0.2) is 59.5 Å². The lowest BCUT2D eigenvalue weighted by molar-refractivity contribution is 0.0942. The SMILES string of the molecule is Cc1ccc(C(=O)NC(Nc2ccc(S(=O)(=O)Nc3nc(C)cc(C)n3)cc2)C(Cl)(Cl)Cl)cc1. The van der Waals surface area contributed by atoms with E-state index < -0.39 is 25.9 Å². The minimum atomic E-state index is -3.93. The van der Waals surface area contributed by atoms with Crippen molar-refractivity contribution < 1.29 is 13.2 Å². The normalized spacial score (nSPS) is 12.6. The van der Waals surface area contributed by atoms with E-state index in [1.165, 1.54) is 24.3 Å². The molecular weight excluding hydrogens is 521 g/mol. The van der Waals surface area contributed by atoms with Crippen molar-refractivity contribution in [2.24, 2.45) is 0 Å². The summed E-state index contributed by atoms with van der Waals surface area (Å²) in [5.74, 6) is -0.463. The lowest BCUT2D eigenvalue weighted by Gasteiger charge is -2.27. The first kappa shape index (κ1) is 26.0. The van der Waals surface area contributed by atoms with Crippen LogP contribution < -0.4 is 15.4 Å². The molecule has 3 N–H and O–H groups in total. The van der Waals surface area contributed by atoms with Gasteiger partial charge in [-0.3, -0.25) is 4.79 Å². The summed E-state index contributed by atoms with van der Waals surface area (Å²) in [5.41, 5.74) is 3.08. The van der Waals surface area contributed by atoms with Crippen LogP contribution in [0.2, 0.25) is 0 Å². The molecule has 0 aliphatic rings. The molecule has 12 heteroatoms. The molecule has 1 unspecified atom stereocenters. The number of nitrogens with zero attached hydrogens (tertiary/aromatic N) is 2. The van der Waals surface area contributed by atoms with Crippen LogP contribution in [0.5, 0.6) is 0 Å². The Bertz CT molecular complexity index is 1260. The summed E-state index contributed by atoms with van der Waals surface area (Å²) in [6, 6.07) is 14.3. The number of amides is 1. The third-order valence-electron chi connectivity index (χ3n) is 4.60. The number of rotatable bonds is 7. The number of aromatic nitrogens is 2. The Balaban J connectivity index is 1.74. The summed E-state index contributed by atoms with van der Waals surface area (Å²) in [6.07, 6.45) is -1.10. The Morgan fingerprint density at radius 3 is 2.00 bits per heavy atom. The van der Waals surface area contributed by atoms with E-state index in [9.17, 15) is 13.2 Å². The van der Waals surface area contributed by atoms with Crippen LogP contribution in [-0.2, 0) is 10.0 Å². The number of sulfonamides is 1. The van der Waals surface area contributed by atoms with E-state index in [0.717, 1.165) is 5.56 Å². The maximum atomic E-state index is 12.7. The van der Waals surface area contributed by atoms with Crippen molar-refractivity contribution >= 4 is 62.4 Å². The Labute approximate surface area is 213 Å². The standard InChI is InChI=1S/C22H22Cl3N5O3S/c1-13-4-6-16(7-5-13)19(31)29-20(22(23,24)25)28-17-8-10-18(11-9-17)34(32,33)30-21-26-14(2)12-15(3)27-21/h4-12,20,28H,1-3H3,(H,29,31)(H,26,27,30). The molecule has 1 heterocycles. The third kappa shape index (κ3) is 6.96. The molecule has 0 saturated carbocycles. The first-order chi connectivity index (χ1) is 15.8. The fourth-order valence-electron chi connectivity index (χ4n) is 2.97. The van der Waals surface area contributed by atoms with Crippen LogP contribution in [0, 0.1) is 20.8 Å². The molecule has 0 bridgehead atoms. The molecule has 8 nitrogen and oxygen atoms in total. The van der Waals surface area contributed by atoms with E-state index in [2.05, 4.69) is 25.3 Å². The van der Waals surface area contributed by atoms with Gasteiger partial charge in [-0.1, -0.05) is 52.5 Å². The van der Waals surface area contributed by atoms with Crippen LogP contribution in [0.4, 0.5) is 11.6 Å². The van der Waals surface area contributed by atoms with Crippen LogP contribution in [-0.4, -0.2) is 34.3 Å². The van der Waals surface area contributed by atoms with Gasteiger partial charge < -0.3 is 10.6 Å². The zero-order valence-electron chi connectivity index (χ0n) is 18.4. The van der Waals surface area contributed by atoms with E-state index in [0.29, 0.717) is 22.6 Å². The van der Waals surface area contributed by atoms with E-state index >= 15 is 0 Å². The zero-order valence-corrected chi connectivity index (χ0v) is 21.5. The highest BCUT2D eigenvalue weighted by Gasteiger charge is 2.34. The van der Waals surface area contributed by atoms with Gasteiger partial charge in [-0.05, 0) is 63.2 Å². The number of hydrogen-bond donors (Lipinski definition) is 3. The molecule has 0 aliphatic carbocycles. The highest BCUT2D eigenvalue weighted by atomic mass is 35.6. The molecule has 1 atom stereocenters. The van der Waals surface area contributed by atoms with Crippen molar-refractivity contribution in [3.8, 4) is 0 Å². The van der Waals surface area contributed by atoms with Gasteiger partial charge in [0.2, 0.25) is 9.74 Å². The molecule has 0 radical (unpaired) electrons. The topological polar surface area (TPSA) is 113 Å². The van der Waals surface area contributed by atoms with Crippen LogP contribution in [0.3, 0.4) is 0 Å². The van der Waals surface area contributed by atoms with Gasteiger partial charge in [0.15, 0.2) is 0 Å². The van der Waals surface area contributed by atoms with Crippen molar-refractivity contribution in [1.29, 1.82) is 0 Å². The van der Waals surface area contributed by atoms with Gasteiger partial charge in [0.1, 0.15) is 6.17 Å². The third-order valence-corrected chi connectivity index (χ3v) is 6.60. The number of alkyl halides is 3. The molecule has 1 amide bonds. The fourth-order valence-corrected chi connectivity index (χ4v) is 4.24. The minimum Gasteiger partial charge on any atom is -0.362 e. The number of hydrogen-bond acceptors (Lipinski definition) is 6. The van der Waals surface area contributed by atoms with Crippen LogP contribution in [0.25, 0.3) is 0 Å². The molecule has 0 aliphatic heterocycles. The van der Waals surface area contributed by atoms with Gasteiger partial charge in [-0.15, -0.1) is 0 Å². The summed E-state index contributed by atoms with van der Waals surface area (Å²) in [5, 5.41) is 5.54. The van der Waals surface area contributed by atoms with Crippen molar-refractivity contribution in [2.45, 2.75) is 35.6 Å². The second-order valence-electron chi connectivity index (χ2n) is 7.56. The summed E-state index contributed by atoms with van der Waals surface area (Å²) >= 11 is 18.2. The van der Waals surface area contributed by atoms with Gasteiger partial charge in [0.05, 0.1) is 4.90 Å². The number of aryl methyl sites for hydroxylation is 3. The van der Waals surface area contributed by atoms with E-state index in [1.54, 1.807) is 44.2 Å². The summed E-state index contributed by atoms with van der Waals surface area (Å²) in [6.45, 7) is 5.39. The molecule has 180 valence electrons. The first-order valence-corrected chi connectivity index (χ1v) is 12.6. The van der Waals surface area contributed by atoms with Gasteiger partial charge >= 0.3 is 0 Å². The van der Waals surface area contributed by atoms with Crippen LogP contribution >= 0.6 is 34.8 Å².